The molecule has 1 aliphatic rings. The van der Waals surface area contributed by atoms with E-state index in [1.165, 1.54) is 29.8 Å². The standard InChI is InChI=1S/C21H22FN3O3S2/c1-25(9-12-6-7-15(28-2)14(22)8-12)18(26)11-29-10-17-23-20(27)19-13-4-3-5-16(13)30-21(19)24-17/h6-8H,3-5,9-11H2,1-2H3,(H,23,24,27). The number of aromatic amines is 1. The lowest BCUT2D eigenvalue weighted by Gasteiger charge is -2.17. The third-order valence-electron chi connectivity index (χ3n) is 5.15. The minimum Gasteiger partial charge on any atom is -0.494 e. The van der Waals surface area contributed by atoms with Gasteiger partial charge in [-0.15, -0.1) is 23.1 Å². The van der Waals surface area contributed by atoms with Gasteiger partial charge >= 0.3 is 0 Å². The lowest BCUT2D eigenvalue weighted by Crippen LogP contribution is -2.28. The molecule has 0 radical (unpaired) electrons. The number of thiophene rings is 1. The Morgan fingerprint density at radius 3 is 3.00 bits per heavy atom. The molecule has 30 heavy (non-hydrogen) atoms. The van der Waals surface area contributed by atoms with Crippen LogP contribution in [0.3, 0.4) is 0 Å². The van der Waals surface area contributed by atoms with Gasteiger partial charge in [0, 0.05) is 18.5 Å². The van der Waals surface area contributed by atoms with Crippen molar-refractivity contribution in [3.63, 3.8) is 0 Å². The first-order chi connectivity index (χ1) is 14.5. The van der Waals surface area contributed by atoms with Crippen LogP contribution in [0.2, 0.25) is 0 Å². The molecule has 0 saturated heterocycles. The molecule has 0 aliphatic heterocycles. The monoisotopic (exact) mass is 447 g/mol. The van der Waals surface area contributed by atoms with Crippen LogP contribution in [0.25, 0.3) is 10.2 Å². The summed E-state index contributed by atoms with van der Waals surface area (Å²) in [4.78, 5) is 36.0. The van der Waals surface area contributed by atoms with Crippen LogP contribution >= 0.6 is 23.1 Å². The molecule has 158 valence electrons. The van der Waals surface area contributed by atoms with E-state index < -0.39 is 5.82 Å². The van der Waals surface area contributed by atoms with Gasteiger partial charge < -0.3 is 14.6 Å². The SMILES string of the molecule is COc1ccc(CN(C)C(=O)CSCc2nc3sc4c(c3c(=O)[nH]2)CCC4)cc1F. The van der Waals surface area contributed by atoms with E-state index in [0.717, 1.165) is 35.0 Å². The van der Waals surface area contributed by atoms with Gasteiger partial charge in [0.2, 0.25) is 5.91 Å². The van der Waals surface area contributed by atoms with E-state index >= 15 is 0 Å². The van der Waals surface area contributed by atoms with Crippen molar-refractivity contribution in [2.45, 2.75) is 31.6 Å². The molecule has 0 atom stereocenters. The molecule has 0 unspecified atom stereocenters. The molecule has 0 saturated carbocycles. The summed E-state index contributed by atoms with van der Waals surface area (Å²) in [5.74, 6) is 0.940. The van der Waals surface area contributed by atoms with Crippen molar-refractivity contribution in [1.82, 2.24) is 14.9 Å². The minimum atomic E-state index is -0.449. The molecule has 0 bridgehead atoms. The number of aromatic nitrogens is 2. The Kier molecular flexibility index (Phi) is 6.10. The number of amides is 1. The highest BCUT2D eigenvalue weighted by molar-refractivity contribution is 7.99. The van der Waals surface area contributed by atoms with Gasteiger partial charge in [0.25, 0.3) is 5.56 Å². The highest BCUT2D eigenvalue weighted by atomic mass is 32.2. The van der Waals surface area contributed by atoms with Crippen LogP contribution in [0.5, 0.6) is 5.75 Å². The average molecular weight is 448 g/mol. The number of hydrogen-bond acceptors (Lipinski definition) is 6. The van der Waals surface area contributed by atoms with Gasteiger partial charge in [-0.05, 0) is 42.5 Å². The van der Waals surface area contributed by atoms with Crippen LogP contribution in [0, 0.1) is 5.82 Å². The van der Waals surface area contributed by atoms with E-state index in [4.69, 9.17) is 4.74 Å². The van der Waals surface area contributed by atoms with Crippen LogP contribution in [0.1, 0.15) is 28.2 Å². The second kappa shape index (κ2) is 8.77. The number of benzene rings is 1. The molecule has 1 aliphatic carbocycles. The minimum absolute atomic E-state index is 0.0743. The fourth-order valence-electron chi connectivity index (χ4n) is 3.63. The molecular weight excluding hydrogens is 425 g/mol. The zero-order valence-electron chi connectivity index (χ0n) is 16.8. The van der Waals surface area contributed by atoms with Crippen molar-refractivity contribution < 1.29 is 13.9 Å². The highest BCUT2D eigenvalue weighted by Gasteiger charge is 2.21. The Morgan fingerprint density at radius 2 is 2.23 bits per heavy atom. The molecule has 3 aromatic rings. The van der Waals surface area contributed by atoms with Crippen molar-refractivity contribution in [2.24, 2.45) is 0 Å². The summed E-state index contributed by atoms with van der Waals surface area (Å²) in [7, 11) is 3.10. The second-order valence-corrected chi connectivity index (χ2v) is 9.33. The number of rotatable bonds is 7. The third kappa shape index (κ3) is 4.22. The maximum Gasteiger partial charge on any atom is 0.259 e. The topological polar surface area (TPSA) is 75.3 Å². The van der Waals surface area contributed by atoms with E-state index in [1.54, 1.807) is 35.4 Å². The summed E-state index contributed by atoms with van der Waals surface area (Å²) in [6.07, 6.45) is 3.08. The zero-order chi connectivity index (χ0) is 21.3. The van der Waals surface area contributed by atoms with E-state index in [2.05, 4.69) is 9.97 Å². The number of thioether (sulfide) groups is 1. The molecule has 4 rings (SSSR count). The molecule has 1 aromatic carbocycles. The number of nitrogens with one attached hydrogen (secondary N) is 1. The Hall–Kier alpha value is -2.39. The molecular formula is C21H22FN3O3S2. The number of ether oxygens (including phenoxy) is 1. The molecule has 2 heterocycles. The van der Waals surface area contributed by atoms with E-state index in [1.807, 2.05) is 0 Å². The largest absolute Gasteiger partial charge is 0.494 e. The summed E-state index contributed by atoms with van der Waals surface area (Å²) < 4.78 is 18.7. The Labute approximate surface area is 181 Å². The van der Waals surface area contributed by atoms with Crippen molar-refractivity contribution in [2.75, 3.05) is 19.9 Å². The van der Waals surface area contributed by atoms with Crippen molar-refractivity contribution in [3.05, 3.63) is 56.2 Å². The summed E-state index contributed by atoms with van der Waals surface area (Å²) in [5.41, 5.74) is 1.77. The van der Waals surface area contributed by atoms with E-state index in [-0.39, 0.29) is 23.0 Å². The van der Waals surface area contributed by atoms with Gasteiger partial charge in [-0.3, -0.25) is 9.59 Å². The first kappa shape index (κ1) is 20.9. The van der Waals surface area contributed by atoms with Crippen molar-refractivity contribution in [3.8, 4) is 5.75 Å². The van der Waals surface area contributed by atoms with Crippen LogP contribution in [0.15, 0.2) is 23.0 Å². The predicted molar refractivity (Wildman–Crippen MR) is 118 cm³/mol. The molecule has 0 spiro atoms. The van der Waals surface area contributed by atoms with Gasteiger partial charge in [-0.1, -0.05) is 6.07 Å². The quantitative estimate of drug-likeness (QED) is 0.600. The summed E-state index contributed by atoms with van der Waals surface area (Å²) in [5, 5.41) is 0.740. The Bertz CT molecular complexity index is 1160. The lowest BCUT2D eigenvalue weighted by atomic mass is 10.2. The number of halogens is 1. The maximum atomic E-state index is 13.8. The molecule has 0 fully saturated rings. The summed E-state index contributed by atoms with van der Waals surface area (Å²) in [6, 6.07) is 4.66. The summed E-state index contributed by atoms with van der Waals surface area (Å²) in [6.45, 7) is 0.308. The van der Waals surface area contributed by atoms with Gasteiger partial charge in [0.1, 0.15) is 10.7 Å². The number of hydrogen-bond donors (Lipinski definition) is 1. The predicted octanol–water partition coefficient (Wildman–Crippen LogP) is 3.51. The maximum absolute atomic E-state index is 13.8. The van der Waals surface area contributed by atoms with Gasteiger partial charge in [0.15, 0.2) is 11.6 Å². The van der Waals surface area contributed by atoms with E-state index in [0.29, 0.717) is 23.7 Å². The van der Waals surface area contributed by atoms with Crippen molar-refractivity contribution in [1.29, 1.82) is 0 Å². The molecule has 2 aromatic heterocycles. The number of nitrogens with zero attached hydrogens (tertiary/aromatic N) is 2. The third-order valence-corrected chi connectivity index (χ3v) is 7.26. The van der Waals surface area contributed by atoms with Crippen LogP contribution < -0.4 is 10.3 Å². The molecule has 6 nitrogen and oxygen atoms in total. The number of fused-ring (bicyclic) bond motifs is 3. The second-order valence-electron chi connectivity index (χ2n) is 7.26. The van der Waals surface area contributed by atoms with E-state index in [9.17, 15) is 14.0 Å². The number of carbonyl (C=O) groups is 1. The lowest BCUT2D eigenvalue weighted by molar-refractivity contribution is -0.127. The first-order valence-electron chi connectivity index (χ1n) is 9.64. The number of carbonyl (C=O) groups excluding carboxylic acids is 1. The normalized spacial score (nSPS) is 12.9. The van der Waals surface area contributed by atoms with Gasteiger partial charge in [-0.2, -0.15) is 0 Å². The van der Waals surface area contributed by atoms with Crippen molar-refractivity contribution >= 4 is 39.2 Å². The van der Waals surface area contributed by atoms with Crippen LogP contribution in [-0.4, -0.2) is 40.7 Å². The average Bonchev–Trinajstić information content (AvgIpc) is 3.28. The van der Waals surface area contributed by atoms with Gasteiger partial charge in [0.05, 0.1) is 24.0 Å². The number of methoxy groups -OCH3 is 1. The van der Waals surface area contributed by atoms with Crippen LogP contribution in [-0.2, 0) is 29.9 Å². The Morgan fingerprint density at radius 1 is 1.40 bits per heavy atom. The molecule has 9 heteroatoms. The smallest absolute Gasteiger partial charge is 0.259 e. The summed E-state index contributed by atoms with van der Waals surface area (Å²) >= 11 is 3.01. The fourth-order valence-corrected chi connectivity index (χ4v) is 5.74. The van der Waals surface area contributed by atoms with Crippen LogP contribution in [0.4, 0.5) is 4.39 Å². The number of aryl methyl sites for hydroxylation is 2. The Balaban J connectivity index is 1.34. The number of H-pyrrole nitrogens is 1. The first-order valence-corrected chi connectivity index (χ1v) is 11.6. The molecule has 1 amide bonds. The molecule has 1 N–H and O–H groups in total. The fraction of sp³-hybridized carbons (Fsp3) is 0.381. The highest BCUT2D eigenvalue weighted by Crippen LogP contribution is 2.34. The zero-order valence-corrected chi connectivity index (χ0v) is 18.4. The van der Waals surface area contributed by atoms with Gasteiger partial charge in [-0.25, -0.2) is 9.37 Å².